The zero-order valence-electron chi connectivity index (χ0n) is 12.4. The molecule has 0 unspecified atom stereocenters. The van der Waals surface area contributed by atoms with Crippen LogP contribution in [0, 0.1) is 0 Å². The monoisotopic (exact) mass is 284 g/mol. The van der Waals surface area contributed by atoms with Crippen molar-refractivity contribution in [3.63, 3.8) is 0 Å². The Balaban J connectivity index is 1.85. The summed E-state index contributed by atoms with van der Waals surface area (Å²) in [6, 6.07) is 13.3. The summed E-state index contributed by atoms with van der Waals surface area (Å²) in [4.78, 5) is 15.9. The van der Waals surface area contributed by atoms with Crippen LogP contribution in [0.1, 0.15) is 35.5 Å². The molecule has 0 radical (unpaired) electrons. The van der Waals surface area contributed by atoms with Crippen molar-refractivity contribution in [2.24, 2.45) is 0 Å². The molecule has 0 aliphatic rings. The molecule has 4 heteroatoms. The SMILES string of the molecule is CC(C)OCc1ccc(CNC(=O)c2ccccn2)cc1. The number of amides is 1. The van der Waals surface area contributed by atoms with Crippen molar-refractivity contribution in [3.05, 3.63) is 65.5 Å². The van der Waals surface area contributed by atoms with Gasteiger partial charge in [-0.25, -0.2) is 0 Å². The third kappa shape index (κ3) is 5.00. The first-order chi connectivity index (χ1) is 10.1. The molecule has 1 N–H and O–H groups in total. The van der Waals surface area contributed by atoms with Crippen LogP contribution in [-0.4, -0.2) is 17.0 Å². The van der Waals surface area contributed by atoms with Gasteiger partial charge in [0.15, 0.2) is 0 Å². The van der Waals surface area contributed by atoms with Crippen molar-refractivity contribution < 1.29 is 9.53 Å². The fourth-order valence-corrected chi connectivity index (χ4v) is 1.79. The maximum Gasteiger partial charge on any atom is 0.270 e. The van der Waals surface area contributed by atoms with Gasteiger partial charge < -0.3 is 10.1 Å². The van der Waals surface area contributed by atoms with Gasteiger partial charge in [-0.2, -0.15) is 0 Å². The smallest absolute Gasteiger partial charge is 0.270 e. The van der Waals surface area contributed by atoms with Crippen LogP contribution in [0.2, 0.25) is 0 Å². The second-order valence-electron chi connectivity index (χ2n) is 5.07. The fourth-order valence-electron chi connectivity index (χ4n) is 1.79. The average Bonchev–Trinajstić information content (AvgIpc) is 2.52. The molecule has 21 heavy (non-hydrogen) atoms. The van der Waals surface area contributed by atoms with E-state index in [-0.39, 0.29) is 12.0 Å². The predicted molar refractivity (Wildman–Crippen MR) is 81.8 cm³/mol. The highest BCUT2D eigenvalue weighted by molar-refractivity contribution is 5.92. The maximum atomic E-state index is 11.9. The molecule has 1 aromatic carbocycles. The predicted octanol–water partition coefficient (Wildman–Crippen LogP) is 2.94. The standard InChI is InChI=1S/C17H20N2O2/c1-13(2)21-12-15-8-6-14(7-9-15)11-19-17(20)16-5-3-4-10-18-16/h3-10,13H,11-12H2,1-2H3,(H,19,20). The van der Waals surface area contributed by atoms with Crippen LogP contribution in [0.3, 0.4) is 0 Å². The molecule has 0 spiro atoms. The van der Waals surface area contributed by atoms with E-state index in [9.17, 15) is 4.79 Å². The number of hydrogen-bond donors (Lipinski definition) is 1. The van der Waals surface area contributed by atoms with E-state index in [1.54, 1.807) is 24.4 Å². The van der Waals surface area contributed by atoms with Gasteiger partial charge in [-0.15, -0.1) is 0 Å². The minimum Gasteiger partial charge on any atom is -0.374 e. The quantitative estimate of drug-likeness (QED) is 0.887. The third-order valence-corrected chi connectivity index (χ3v) is 2.96. The number of rotatable bonds is 6. The van der Waals surface area contributed by atoms with Gasteiger partial charge in [-0.05, 0) is 37.1 Å². The van der Waals surface area contributed by atoms with Crippen molar-refractivity contribution in [2.75, 3.05) is 0 Å². The van der Waals surface area contributed by atoms with Crippen molar-refractivity contribution in [3.8, 4) is 0 Å². The first-order valence-corrected chi connectivity index (χ1v) is 7.04. The average molecular weight is 284 g/mol. The lowest BCUT2D eigenvalue weighted by atomic mass is 10.1. The third-order valence-electron chi connectivity index (χ3n) is 2.96. The zero-order valence-corrected chi connectivity index (χ0v) is 12.4. The Morgan fingerprint density at radius 1 is 1.14 bits per heavy atom. The number of carbonyl (C=O) groups is 1. The molecule has 2 rings (SSSR count). The molecule has 1 heterocycles. The minimum absolute atomic E-state index is 0.164. The largest absolute Gasteiger partial charge is 0.374 e. The highest BCUT2D eigenvalue weighted by Crippen LogP contribution is 2.07. The van der Waals surface area contributed by atoms with E-state index < -0.39 is 0 Å². The molecule has 0 aliphatic carbocycles. The van der Waals surface area contributed by atoms with Crippen LogP contribution < -0.4 is 5.32 Å². The van der Waals surface area contributed by atoms with Crippen LogP contribution in [0.15, 0.2) is 48.7 Å². The zero-order chi connectivity index (χ0) is 15.1. The summed E-state index contributed by atoms with van der Waals surface area (Å²) in [7, 11) is 0. The van der Waals surface area contributed by atoms with Crippen LogP contribution in [0.25, 0.3) is 0 Å². The lowest BCUT2D eigenvalue weighted by molar-refractivity contribution is 0.0657. The van der Waals surface area contributed by atoms with Gasteiger partial charge in [-0.3, -0.25) is 9.78 Å². The van der Waals surface area contributed by atoms with E-state index in [0.717, 1.165) is 11.1 Å². The van der Waals surface area contributed by atoms with Gasteiger partial charge in [0.2, 0.25) is 0 Å². The van der Waals surface area contributed by atoms with E-state index in [1.165, 1.54) is 0 Å². The number of nitrogens with one attached hydrogen (secondary N) is 1. The number of pyridine rings is 1. The number of carbonyl (C=O) groups excluding carboxylic acids is 1. The summed E-state index contributed by atoms with van der Waals surface area (Å²) < 4.78 is 5.55. The lowest BCUT2D eigenvalue weighted by Gasteiger charge is -2.09. The van der Waals surface area contributed by atoms with Crippen LogP contribution in [-0.2, 0) is 17.9 Å². The highest BCUT2D eigenvalue weighted by Gasteiger charge is 2.05. The lowest BCUT2D eigenvalue weighted by Crippen LogP contribution is -2.23. The van der Waals surface area contributed by atoms with Gasteiger partial charge in [0, 0.05) is 12.7 Å². The number of aromatic nitrogens is 1. The highest BCUT2D eigenvalue weighted by atomic mass is 16.5. The van der Waals surface area contributed by atoms with Crippen molar-refractivity contribution in [2.45, 2.75) is 33.1 Å². The van der Waals surface area contributed by atoms with Gasteiger partial charge in [0.1, 0.15) is 5.69 Å². The summed E-state index contributed by atoms with van der Waals surface area (Å²) in [5, 5.41) is 2.85. The van der Waals surface area contributed by atoms with Crippen molar-refractivity contribution in [1.29, 1.82) is 0 Å². The molecule has 4 nitrogen and oxygen atoms in total. The summed E-state index contributed by atoms with van der Waals surface area (Å²) >= 11 is 0. The summed E-state index contributed by atoms with van der Waals surface area (Å²) in [5.41, 5.74) is 2.61. The Kier molecular flexibility index (Phi) is 5.46. The molecule has 1 amide bonds. The molecule has 0 bridgehead atoms. The Bertz CT molecular complexity index is 565. The molecule has 110 valence electrons. The fraction of sp³-hybridized carbons (Fsp3) is 0.294. The summed E-state index contributed by atoms with van der Waals surface area (Å²) in [5.74, 6) is -0.164. The van der Waals surface area contributed by atoms with Crippen LogP contribution >= 0.6 is 0 Å². The normalized spacial score (nSPS) is 10.6. The first kappa shape index (κ1) is 15.2. The van der Waals surface area contributed by atoms with E-state index in [4.69, 9.17) is 4.74 Å². The van der Waals surface area contributed by atoms with Crippen LogP contribution in [0.5, 0.6) is 0 Å². The number of benzene rings is 1. The van der Waals surface area contributed by atoms with E-state index in [2.05, 4.69) is 10.3 Å². The summed E-state index contributed by atoms with van der Waals surface area (Å²) in [6.07, 6.45) is 1.83. The second-order valence-corrected chi connectivity index (χ2v) is 5.07. The number of ether oxygens (including phenoxy) is 1. The van der Waals surface area contributed by atoms with E-state index in [1.807, 2.05) is 38.1 Å². The van der Waals surface area contributed by atoms with Gasteiger partial charge >= 0.3 is 0 Å². The van der Waals surface area contributed by atoms with Gasteiger partial charge in [0.05, 0.1) is 12.7 Å². The number of hydrogen-bond acceptors (Lipinski definition) is 3. The second kappa shape index (κ2) is 7.55. The Morgan fingerprint density at radius 2 is 1.86 bits per heavy atom. The maximum absolute atomic E-state index is 11.9. The topological polar surface area (TPSA) is 51.2 Å². The first-order valence-electron chi connectivity index (χ1n) is 7.04. The molecule has 0 saturated carbocycles. The Hall–Kier alpha value is -2.20. The van der Waals surface area contributed by atoms with E-state index in [0.29, 0.717) is 18.8 Å². The molecule has 0 saturated heterocycles. The van der Waals surface area contributed by atoms with E-state index >= 15 is 0 Å². The molecule has 0 aliphatic heterocycles. The molecule has 0 fully saturated rings. The summed E-state index contributed by atoms with van der Waals surface area (Å²) in [6.45, 7) is 5.13. The molecular formula is C17H20N2O2. The molecule has 0 atom stereocenters. The molecule has 2 aromatic rings. The Labute approximate surface area is 125 Å². The van der Waals surface area contributed by atoms with Crippen molar-refractivity contribution in [1.82, 2.24) is 10.3 Å². The Morgan fingerprint density at radius 3 is 2.48 bits per heavy atom. The van der Waals surface area contributed by atoms with Gasteiger partial charge in [-0.1, -0.05) is 30.3 Å². The van der Waals surface area contributed by atoms with Gasteiger partial charge in [0.25, 0.3) is 5.91 Å². The molecular weight excluding hydrogens is 264 g/mol. The molecule has 1 aromatic heterocycles. The van der Waals surface area contributed by atoms with Crippen molar-refractivity contribution >= 4 is 5.91 Å². The number of nitrogens with zero attached hydrogens (tertiary/aromatic N) is 1. The minimum atomic E-state index is -0.164. The van der Waals surface area contributed by atoms with Crippen LogP contribution in [0.4, 0.5) is 0 Å².